The van der Waals surface area contributed by atoms with Crippen molar-refractivity contribution in [3.05, 3.63) is 244 Å². The molecule has 0 aromatic heterocycles. The van der Waals surface area contributed by atoms with Crippen LogP contribution in [0.5, 0.6) is 0 Å². The lowest BCUT2D eigenvalue weighted by Crippen LogP contribution is -1.91. The molecule has 11 aromatic rings. The maximum Gasteiger partial charge on any atom is -0.00262 e. The first-order valence-corrected chi connectivity index (χ1v) is 22.2. The van der Waals surface area contributed by atoms with Crippen LogP contribution in [0.15, 0.2) is 244 Å². The minimum absolute atomic E-state index is 1.21. The third kappa shape index (κ3) is 8.63. The van der Waals surface area contributed by atoms with Crippen molar-refractivity contribution in [3.8, 4) is 55.6 Å². The molecule has 0 spiro atoms. The van der Waals surface area contributed by atoms with E-state index in [0.717, 1.165) is 0 Å². The standard InChI is InChI=1S/C56H36.C4H8.C2H4.H3NS/c1-2-14-39-35-48(31-26-37(39)12-1)56-53-23-7-5-21-51(53)55(52-22-6-8-24-54(52)56)47-19-10-17-41(36-47)43-28-30-44-32-42(27-29-45(44)33-43)40-16-9-18-46(34-40)50-25-11-15-38-13-3-4-20-49(38)50;1-3-4-2;2*1-2/h1-36H;3-4H,1-2H3;1-2H2;2H,1H2/b;4-3-;;. The minimum atomic E-state index is 1.21. The molecular weight excluding hydrogens is 791 g/mol. The fourth-order valence-electron chi connectivity index (χ4n) is 8.90. The van der Waals surface area contributed by atoms with Crippen molar-refractivity contribution < 1.29 is 0 Å². The Morgan fingerprint density at radius 1 is 0.297 bits per heavy atom. The van der Waals surface area contributed by atoms with Crippen LogP contribution in [0, 0.1) is 0 Å². The van der Waals surface area contributed by atoms with Gasteiger partial charge in [0.1, 0.15) is 0 Å². The smallest absolute Gasteiger partial charge is 0.00262 e. The molecular formula is C62H51NS. The van der Waals surface area contributed by atoms with Gasteiger partial charge in [0.2, 0.25) is 0 Å². The van der Waals surface area contributed by atoms with E-state index in [1.807, 2.05) is 26.0 Å². The second-order valence-electron chi connectivity index (χ2n) is 15.5. The topological polar surface area (TPSA) is 26.0 Å². The van der Waals surface area contributed by atoms with Gasteiger partial charge in [-0.1, -0.05) is 200 Å². The summed E-state index contributed by atoms with van der Waals surface area (Å²) in [6.07, 6.45) is 4.00. The Labute approximate surface area is 383 Å². The van der Waals surface area contributed by atoms with Gasteiger partial charge in [-0.2, -0.15) is 0 Å². The monoisotopic (exact) mass is 841 g/mol. The van der Waals surface area contributed by atoms with E-state index >= 15 is 0 Å². The van der Waals surface area contributed by atoms with Crippen molar-refractivity contribution in [3.63, 3.8) is 0 Å². The first-order valence-electron chi connectivity index (χ1n) is 21.7. The third-order valence-corrected chi connectivity index (χ3v) is 11.9. The highest BCUT2D eigenvalue weighted by atomic mass is 32.1. The van der Waals surface area contributed by atoms with Crippen LogP contribution in [-0.4, -0.2) is 0 Å². The Morgan fingerprint density at radius 2 is 0.625 bits per heavy atom. The van der Waals surface area contributed by atoms with Crippen molar-refractivity contribution in [2.75, 3.05) is 0 Å². The second kappa shape index (κ2) is 20.1. The zero-order valence-electron chi connectivity index (χ0n) is 36.4. The number of thiol groups is 1. The lowest BCUT2D eigenvalue weighted by molar-refractivity contribution is 1.61. The number of allylic oxidation sites excluding steroid dienone is 2. The Morgan fingerprint density at radius 3 is 1.17 bits per heavy atom. The summed E-state index contributed by atoms with van der Waals surface area (Å²) in [5.74, 6) is 0. The molecule has 0 unspecified atom stereocenters. The predicted octanol–water partition coefficient (Wildman–Crippen LogP) is 18.0. The maximum absolute atomic E-state index is 4.19. The van der Waals surface area contributed by atoms with E-state index in [4.69, 9.17) is 0 Å². The number of nitrogens with two attached hydrogens (primary N) is 1. The molecule has 2 heteroatoms. The van der Waals surface area contributed by atoms with Crippen LogP contribution >= 0.6 is 12.8 Å². The van der Waals surface area contributed by atoms with E-state index in [-0.39, 0.29) is 0 Å². The molecule has 310 valence electrons. The van der Waals surface area contributed by atoms with Crippen LogP contribution in [0.1, 0.15) is 13.8 Å². The summed E-state index contributed by atoms with van der Waals surface area (Å²) in [7, 11) is 0. The molecule has 11 rings (SSSR count). The van der Waals surface area contributed by atoms with Crippen molar-refractivity contribution in [1.82, 2.24) is 0 Å². The molecule has 11 aromatic carbocycles. The van der Waals surface area contributed by atoms with E-state index in [1.54, 1.807) is 0 Å². The van der Waals surface area contributed by atoms with E-state index in [0.29, 0.717) is 0 Å². The zero-order valence-corrected chi connectivity index (χ0v) is 37.3. The number of hydrogen-bond acceptors (Lipinski definition) is 2. The van der Waals surface area contributed by atoms with Gasteiger partial charge < -0.3 is 0 Å². The fraction of sp³-hybridized carbons (Fsp3) is 0.0323. The molecule has 0 aliphatic carbocycles. The molecule has 0 aliphatic rings. The molecule has 0 fully saturated rings. The van der Waals surface area contributed by atoms with Crippen LogP contribution in [0.3, 0.4) is 0 Å². The molecule has 0 amide bonds. The highest BCUT2D eigenvalue weighted by Gasteiger charge is 2.17. The summed E-state index contributed by atoms with van der Waals surface area (Å²) in [6, 6.07) is 80.3. The van der Waals surface area contributed by atoms with Gasteiger partial charge in [0.25, 0.3) is 0 Å². The lowest BCUT2D eigenvalue weighted by Gasteiger charge is -2.18. The van der Waals surface area contributed by atoms with Gasteiger partial charge in [0.15, 0.2) is 0 Å². The van der Waals surface area contributed by atoms with E-state index in [9.17, 15) is 0 Å². The SMILES string of the molecule is C/C=C\C.C=C.NS.c1cc(-c2ccc3cc(-c4cccc(-c5c6ccccc6c(-c6ccc7ccccc7c6)c6ccccc56)c4)ccc3c2)cc(-c2cccc3ccccc23)c1. The molecule has 0 atom stereocenters. The number of fused-ring (bicyclic) bond motifs is 5. The highest BCUT2D eigenvalue weighted by molar-refractivity contribution is 7.77. The van der Waals surface area contributed by atoms with Gasteiger partial charge in [-0.3, -0.25) is 5.14 Å². The van der Waals surface area contributed by atoms with Crippen LogP contribution in [-0.2, 0) is 0 Å². The van der Waals surface area contributed by atoms with Gasteiger partial charge >= 0.3 is 0 Å². The molecule has 64 heavy (non-hydrogen) atoms. The lowest BCUT2D eigenvalue weighted by atomic mass is 9.85. The van der Waals surface area contributed by atoms with E-state index in [1.165, 1.54) is 109 Å². The highest BCUT2D eigenvalue weighted by Crippen LogP contribution is 2.45. The van der Waals surface area contributed by atoms with Gasteiger partial charge in [-0.15, -0.1) is 26.0 Å². The average molecular weight is 842 g/mol. The van der Waals surface area contributed by atoms with Gasteiger partial charge in [0, 0.05) is 0 Å². The van der Waals surface area contributed by atoms with E-state index in [2.05, 4.69) is 250 Å². The molecule has 0 bridgehead atoms. The summed E-state index contributed by atoms with van der Waals surface area (Å²) in [4.78, 5) is 0. The number of rotatable bonds is 5. The summed E-state index contributed by atoms with van der Waals surface area (Å²) < 4.78 is 0. The fourth-order valence-corrected chi connectivity index (χ4v) is 8.90. The maximum atomic E-state index is 4.19. The Kier molecular flexibility index (Phi) is 13.6. The van der Waals surface area contributed by atoms with Crippen LogP contribution < -0.4 is 5.14 Å². The first-order chi connectivity index (χ1) is 31.7. The normalized spacial score (nSPS) is 10.9. The summed E-state index contributed by atoms with van der Waals surface area (Å²) in [5, 5.41) is 16.8. The summed E-state index contributed by atoms with van der Waals surface area (Å²) in [6.45, 7) is 10.0. The van der Waals surface area contributed by atoms with Crippen molar-refractivity contribution in [2.24, 2.45) is 5.14 Å². The first kappa shape index (κ1) is 43.2. The van der Waals surface area contributed by atoms with Crippen molar-refractivity contribution in [2.45, 2.75) is 13.8 Å². The second-order valence-corrected chi connectivity index (χ2v) is 15.5. The Balaban J connectivity index is 0.000000657. The molecule has 0 heterocycles. The number of benzene rings is 11. The van der Waals surface area contributed by atoms with Gasteiger partial charge in [0.05, 0.1) is 0 Å². The molecule has 0 radical (unpaired) electrons. The molecule has 2 N–H and O–H groups in total. The van der Waals surface area contributed by atoms with Crippen LogP contribution in [0.4, 0.5) is 0 Å². The third-order valence-electron chi connectivity index (χ3n) is 11.9. The number of hydrogen-bond donors (Lipinski definition) is 2. The van der Waals surface area contributed by atoms with Crippen molar-refractivity contribution in [1.29, 1.82) is 0 Å². The quantitative estimate of drug-likeness (QED) is 0.101. The largest absolute Gasteiger partial charge is 0.281 e. The van der Waals surface area contributed by atoms with Gasteiger partial charge in [-0.05, 0) is 154 Å². The zero-order chi connectivity index (χ0) is 44.4. The van der Waals surface area contributed by atoms with Crippen molar-refractivity contribution >= 4 is 66.7 Å². The molecule has 0 saturated heterocycles. The molecule has 1 nitrogen and oxygen atoms in total. The summed E-state index contributed by atoms with van der Waals surface area (Å²) in [5.41, 5.74) is 12.4. The predicted molar refractivity (Wildman–Crippen MR) is 286 cm³/mol. The van der Waals surface area contributed by atoms with Crippen LogP contribution in [0.25, 0.3) is 109 Å². The average Bonchev–Trinajstić information content (AvgIpc) is 3.38. The van der Waals surface area contributed by atoms with Gasteiger partial charge in [-0.25, -0.2) is 0 Å². The minimum Gasteiger partial charge on any atom is -0.281 e. The van der Waals surface area contributed by atoms with E-state index < -0.39 is 0 Å². The Hall–Kier alpha value is -7.49. The Bertz CT molecular complexity index is 3370. The molecule has 0 aliphatic heterocycles. The molecule has 0 saturated carbocycles. The van der Waals surface area contributed by atoms with Crippen LogP contribution in [0.2, 0.25) is 0 Å². The summed E-state index contributed by atoms with van der Waals surface area (Å²) >= 11 is 3.03.